The highest BCUT2D eigenvalue weighted by Crippen LogP contribution is 1.99. The Kier molecular flexibility index (Phi) is 1.85. The summed E-state index contributed by atoms with van der Waals surface area (Å²) in [5, 5.41) is 2.82. The lowest BCUT2D eigenvalue weighted by Crippen LogP contribution is -2.14. The third-order valence-corrected chi connectivity index (χ3v) is 1.30. The Morgan fingerprint density at radius 2 is 2.20 bits per heavy atom. The molecule has 0 atom stereocenters. The summed E-state index contributed by atoms with van der Waals surface area (Å²) < 4.78 is 0. The quantitative estimate of drug-likeness (QED) is 0.327. The molecular weight excluding hydrogens is 126 g/mol. The summed E-state index contributed by atoms with van der Waals surface area (Å²) in [4.78, 5) is 14.0. The fraction of sp³-hybridized carbons (Fsp3) is 0. The van der Waals surface area contributed by atoms with E-state index < -0.39 is 0 Å². The molecule has 0 N–H and O–H groups in total. The molecule has 0 saturated heterocycles. The fourth-order valence-corrected chi connectivity index (χ4v) is 0.715. The topological polar surface area (TPSA) is 42.3 Å². The summed E-state index contributed by atoms with van der Waals surface area (Å²) in [5.41, 5.74) is 2.07. The number of nitroso groups, excluding NO2 is 1. The minimum absolute atomic E-state index is 0.431. The second kappa shape index (κ2) is 2.64. The van der Waals surface area contributed by atoms with Gasteiger partial charge in [0.05, 0.1) is 0 Å². The van der Waals surface area contributed by atoms with Gasteiger partial charge < -0.3 is 0 Å². The molecule has 0 saturated carbocycles. The van der Waals surface area contributed by atoms with Crippen molar-refractivity contribution in [3.63, 3.8) is 0 Å². The lowest BCUT2D eigenvalue weighted by atomic mass is 9.94. The van der Waals surface area contributed by atoms with Gasteiger partial charge in [0.25, 0.3) is 0 Å². The van der Waals surface area contributed by atoms with E-state index in [0.29, 0.717) is 11.3 Å². The summed E-state index contributed by atoms with van der Waals surface area (Å²) in [7, 11) is 3.64. The Bertz CT molecular complexity index is 264. The Balaban J connectivity index is 3.21. The molecule has 0 radical (unpaired) electrons. The predicted octanol–water partition coefficient (Wildman–Crippen LogP) is -2.00. The van der Waals surface area contributed by atoms with Crippen molar-refractivity contribution in [1.29, 1.82) is 0 Å². The van der Waals surface area contributed by atoms with Crippen molar-refractivity contribution in [3.8, 4) is 0 Å². The Hall–Kier alpha value is -1.12. The second-order valence-corrected chi connectivity index (χ2v) is 2.21. The van der Waals surface area contributed by atoms with Gasteiger partial charge in [-0.1, -0.05) is 5.46 Å². The summed E-state index contributed by atoms with van der Waals surface area (Å²) in [6.45, 7) is 0. The molecule has 5 heteroatoms. The van der Waals surface area contributed by atoms with Crippen LogP contribution in [0.15, 0.2) is 17.4 Å². The molecule has 10 heavy (non-hydrogen) atoms. The van der Waals surface area contributed by atoms with E-state index >= 15 is 0 Å². The minimum atomic E-state index is 0.431. The Morgan fingerprint density at radius 1 is 1.50 bits per heavy atom. The van der Waals surface area contributed by atoms with Crippen LogP contribution in [0.5, 0.6) is 0 Å². The van der Waals surface area contributed by atoms with Crippen LogP contribution in [0.2, 0.25) is 0 Å². The van der Waals surface area contributed by atoms with Crippen LogP contribution in [-0.2, 0) is 0 Å². The first-order valence-electron chi connectivity index (χ1n) is 3.00. The summed E-state index contributed by atoms with van der Waals surface area (Å²) >= 11 is 0. The van der Waals surface area contributed by atoms with E-state index in [1.807, 2.05) is 7.85 Å². The third-order valence-electron chi connectivity index (χ3n) is 1.30. The van der Waals surface area contributed by atoms with Gasteiger partial charge in [0.2, 0.25) is 0 Å². The van der Waals surface area contributed by atoms with Crippen LogP contribution in [0.4, 0.5) is 5.69 Å². The highest BCUT2D eigenvalue weighted by Gasteiger charge is 1.96. The van der Waals surface area contributed by atoms with Crippen LogP contribution in [0.25, 0.3) is 0 Å². The molecule has 48 valence electrons. The average Bonchev–Trinajstić information content (AvgIpc) is 1.94. The number of nitrogens with zero attached hydrogens (tertiary/aromatic N) is 2. The van der Waals surface area contributed by atoms with Crippen LogP contribution < -0.4 is 11.1 Å². The second-order valence-electron chi connectivity index (χ2n) is 2.21. The first-order chi connectivity index (χ1) is 4.74. The molecule has 1 aromatic rings. The molecule has 0 spiro atoms. The number of rotatable bonds is 1. The van der Waals surface area contributed by atoms with Crippen molar-refractivity contribution in [2.75, 3.05) is 0 Å². The SMILES string of the molecule is Bc1cnc(B)c(N=O)c1. The predicted molar refractivity (Wildman–Crippen MR) is 46.0 cm³/mol. The maximum atomic E-state index is 10.1. The number of hydrogen-bond donors (Lipinski definition) is 0. The van der Waals surface area contributed by atoms with Crippen LogP contribution >= 0.6 is 0 Å². The fourth-order valence-electron chi connectivity index (χ4n) is 0.715. The molecule has 0 aliphatic heterocycles. The van der Waals surface area contributed by atoms with Gasteiger partial charge in [-0.05, 0) is 11.2 Å². The van der Waals surface area contributed by atoms with Gasteiger partial charge in [-0.2, -0.15) is 0 Å². The molecule has 0 aromatic carbocycles. The van der Waals surface area contributed by atoms with Crippen molar-refractivity contribution in [2.45, 2.75) is 0 Å². The van der Waals surface area contributed by atoms with Crippen molar-refractivity contribution >= 4 is 32.4 Å². The smallest absolute Gasteiger partial charge is 0.167 e. The van der Waals surface area contributed by atoms with Crippen molar-refractivity contribution in [3.05, 3.63) is 17.2 Å². The zero-order chi connectivity index (χ0) is 7.56. The van der Waals surface area contributed by atoms with Gasteiger partial charge in [0.1, 0.15) is 13.5 Å². The van der Waals surface area contributed by atoms with Crippen LogP contribution in [0.3, 0.4) is 0 Å². The molecular formula is C5H6B2N2O. The normalized spacial score (nSPS) is 9.20. The van der Waals surface area contributed by atoms with Crippen LogP contribution in [0.1, 0.15) is 0 Å². The van der Waals surface area contributed by atoms with Gasteiger partial charge >= 0.3 is 0 Å². The van der Waals surface area contributed by atoms with Crippen molar-refractivity contribution < 1.29 is 0 Å². The number of hydrogen-bond acceptors (Lipinski definition) is 3. The molecule has 3 nitrogen and oxygen atoms in total. The monoisotopic (exact) mass is 132 g/mol. The lowest BCUT2D eigenvalue weighted by molar-refractivity contribution is 1.38. The molecule has 1 aromatic heterocycles. The van der Waals surface area contributed by atoms with Gasteiger partial charge in [0, 0.05) is 11.8 Å². The molecule has 0 fully saturated rings. The molecule has 1 heterocycles. The summed E-state index contributed by atoms with van der Waals surface area (Å²) in [6.07, 6.45) is 1.71. The molecule has 0 bridgehead atoms. The van der Waals surface area contributed by atoms with Crippen LogP contribution in [-0.4, -0.2) is 20.7 Å². The Labute approximate surface area is 60.6 Å². The molecule has 0 amide bonds. The van der Waals surface area contributed by atoms with Crippen LogP contribution in [0, 0.1) is 4.91 Å². The minimum Gasteiger partial charge on any atom is -0.270 e. The zero-order valence-corrected chi connectivity index (χ0v) is 5.96. The maximum absolute atomic E-state index is 10.1. The standard InChI is InChI=1S/C5H6B2N2O/c6-3-1-4(9-10)5(7)8-2-3/h1-2H,6-7H2. The van der Waals surface area contributed by atoms with E-state index in [9.17, 15) is 4.91 Å². The molecule has 0 aliphatic carbocycles. The van der Waals surface area contributed by atoms with E-state index in [1.54, 1.807) is 20.1 Å². The van der Waals surface area contributed by atoms with Crippen molar-refractivity contribution in [2.24, 2.45) is 5.18 Å². The summed E-state index contributed by atoms with van der Waals surface area (Å²) in [5.74, 6) is 0. The van der Waals surface area contributed by atoms with Gasteiger partial charge in [-0.25, -0.2) is 0 Å². The van der Waals surface area contributed by atoms with Gasteiger partial charge in [0.15, 0.2) is 7.85 Å². The van der Waals surface area contributed by atoms with E-state index in [4.69, 9.17) is 0 Å². The van der Waals surface area contributed by atoms with E-state index in [0.717, 1.165) is 5.46 Å². The first-order valence-corrected chi connectivity index (χ1v) is 3.00. The van der Waals surface area contributed by atoms with Gasteiger partial charge in [-0.3, -0.25) is 4.98 Å². The third kappa shape index (κ3) is 1.23. The highest BCUT2D eigenvalue weighted by molar-refractivity contribution is 6.36. The van der Waals surface area contributed by atoms with E-state index in [2.05, 4.69) is 10.2 Å². The number of aromatic nitrogens is 1. The van der Waals surface area contributed by atoms with E-state index in [1.165, 1.54) is 0 Å². The molecule has 1 rings (SSSR count). The maximum Gasteiger partial charge on any atom is 0.167 e. The summed E-state index contributed by atoms with van der Waals surface area (Å²) in [6, 6.07) is 1.72. The van der Waals surface area contributed by atoms with E-state index in [-0.39, 0.29) is 0 Å². The van der Waals surface area contributed by atoms with Gasteiger partial charge in [-0.15, -0.1) is 4.91 Å². The highest BCUT2D eigenvalue weighted by atomic mass is 16.3. The zero-order valence-electron chi connectivity index (χ0n) is 5.96. The first kappa shape index (κ1) is 6.99. The largest absolute Gasteiger partial charge is 0.270 e. The van der Waals surface area contributed by atoms with Crippen molar-refractivity contribution in [1.82, 2.24) is 4.98 Å². The number of pyridine rings is 1. The molecule has 0 aliphatic rings. The average molecular weight is 132 g/mol. The molecule has 0 unspecified atom stereocenters. The Morgan fingerprint density at radius 3 is 2.70 bits per heavy atom. The lowest BCUT2D eigenvalue weighted by Gasteiger charge is -1.95.